The average molecular weight is 558 g/mol. The van der Waals surface area contributed by atoms with Gasteiger partial charge in [0.15, 0.2) is 0 Å². The van der Waals surface area contributed by atoms with Gasteiger partial charge in [0.25, 0.3) is 0 Å². The van der Waals surface area contributed by atoms with Gasteiger partial charge < -0.3 is 19.9 Å². The first-order chi connectivity index (χ1) is 17.5. The number of piperidine rings is 1. The average Bonchev–Trinajstić information content (AvgIpc) is 3.28. The summed E-state index contributed by atoms with van der Waals surface area (Å²) in [5.74, 6) is -0.260. The van der Waals surface area contributed by atoms with Crippen molar-refractivity contribution in [2.24, 2.45) is 0 Å². The molecule has 0 amide bonds. The fraction of sp³-hybridized carbons (Fsp3) is 0.500. The summed E-state index contributed by atoms with van der Waals surface area (Å²) in [5.41, 5.74) is -0.438. The summed E-state index contributed by atoms with van der Waals surface area (Å²) >= 11 is 0. The van der Waals surface area contributed by atoms with Crippen molar-refractivity contribution in [3.05, 3.63) is 54.3 Å². The Morgan fingerprint density at radius 2 is 1.84 bits per heavy atom. The van der Waals surface area contributed by atoms with Crippen LogP contribution in [0.1, 0.15) is 19.3 Å². The van der Waals surface area contributed by atoms with E-state index in [0.29, 0.717) is 31.6 Å². The highest BCUT2D eigenvalue weighted by Gasteiger charge is 2.44. The minimum absolute atomic E-state index is 0.00914. The van der Waals surface area contributed by atoms with Gasteiger partial charge in [0.1, 0.15) is 24.3 Å². The summed E-state index contributed by atoms with van der Waals surface area (Å²) in [6.45, 7) is 1.23. The molecule has 2 heterocycles. The van der Waals surface area contributed by atoms with E-state index in [0.717, 1.165) is 6.07 Å². The van der Waals surface area contributed by atoms with E-state index in [1.807, 2.05) is 0 Å². The van der Waals surface area contributed by atoms with Crippen molar-refractivity contribution in [3.63, 3.8) is 0 Å². The molecule has 4 rings (SSSR count). The molecule has 2 aliphatic rings. The molecule has 204 valence electrons. The molecule has 1 unspecified atom stereocenters. The highest BCUT2D eigenvalue weighted by atomic mass is 32.2. The maximum absolute atomic E-state index is 13.5. The monoisotopic (exact) mass is 557 g/mol. The molecule has 2 aliphatic heterocycles. The topological polar surface area (TPSA) is 134 Å². The van der Waals surface area contributed by atoms with Crippen molar-refractivity contribution in [3.8, 4) is 5.75 Å². The number of hydrogen-bond donors (Lipinski definition) is 3. The molecule has 2 atom stereocenters. The van der Waals surface area contributed by atoms with E-state index in [1.165, 1.54) is 41.7 Å². The largest absolute Gasteiger partial charge is 0.491 e. The molecule has 3 N–H and O–H groups in total. The van der Waals surface area contributed by atoms with E-state index in [4.69, 9.17) is 9.47 Å². The second kappa shape index (κ2) is 11.3. The molecule has 2 fully saturated rings. The minimum atomic E-state index is -3.77. The van der Waals surface area contributed by atoms with Crippen LogP contribution in [-0.2, 0) is 24.8 Å². The van der Waals surface area contributed by atoms with Crippen LogP contribution >= 0.6 is 0 Å². The lowest BCUT2D eigenvalue weighted by Gasteiger charge is -2.38. The third kappa shape index (κ3) is 6.66. The zero-order chi connectivity index (χ0) is 26.7. The van der Waals surface area contributed by atoms with E-state index in [-0.39, 0.29) is 42.1 Å². The maximum atomic E-state index is 13.5. The zero-order valence-corrected chi connectivity index (χ0v) is 22.1. The molecule has 37 heavy (non-hydrogen) atoms. The Bertz CT molecular complexity index is 1300. The quantitative estimate of drug-likeness (QED) is 0.395. The first kappa shape index (κ1) is 27.9. The number of sulfonamides is 2. The van der Waals surface area contributed by atoms with Crippen LogP contribution in [0.3, 0.4) is 0 Å². The van der Waals surface area contributed by atoms with Crippen molar-refractivity contribution in [1.29, 1.82) is 0 Å². The fourth-order valence-corrected chi connectivity index (χ4v) is 6.88. The smallest absolute Gasteiger partial charge is 0.243 e. The summed E-state index contributed by atoms with van der Waals surface area (Å²) in [6.07, 6.45) is 0.895. The normalized spacial score (nSPS) is 21.2. The standard InChI is InChI=1S/C24H32FN3O7S2/c1-26-36(30,31)22-6-3-5-21(13-22)34-17-20(29)15-27-19-14-24(35-16-19)8-10-28(11-9-24)37(32,33)23-7-2-4-18(25)12-23/h2-7,12-13,19-20,26-27,29H,8-11,14-17H2,1H3/t19?,20-/m0/s1. The van der Waals surface area contributed by atoms with Gasteiger partial charge in [0.05, 0.1) is 22.0 Å². The van der Waals surface area contributed by atoms with Crippen molar-refractivity contribution < 1.29 is 35.8 Å². The number of benzene rings is 2. The van der Waals surface area contributed by atoms with E-state index in [1.54, 1.807) is 12.1 Å². The van der Waals surface area contributed by atoms with Crippen LogP contribution in [0.15, 0.2) is 58.3 Å². The van der Waals surface area contributed by atoms with Gasteiger partial charge in [-0.25, -0.2) is 25.9 Å². The van der Waals surface area contributed by atoms with Crippen LogP contribution in [0.2, 0.25) is 0 Å². The third-order valence-corrected chi connectivity index (χ3v) is 10.1. The molecule has 13 heteroatoms. The maximum Gasteiger partial charge on any atom is 0.243 e. The molecule has 2 aromatic rings. The molecular formula is C24H32FN3O7S2. The molecule has 0 aromatic heterocycles. The lowest BCUT2D eigenvalue weighted by molar-refractivity contribution is -0.0312. The zero-order valence-electron chi connectivity index (χ0n) is 20.5. The Morgan fingerprint density at radius 3 is 2.54 bits per heavy atom. The van der Waals surface area contributed by atoms with Crippen molar-refractivity contribution in [2.45, 2.75) is 46.8 Å². The van der Waals surface area contributed by atoms with E-state index < -0.39 is 37.6 Å². The summed E-state index contributed by atoms with van der Waals surface area (Å²) in [7, 11) is -6.03. The van der Waals surface area contributed by atoms with E-state index in [2.05, 4.69) is 10.0 Å². The van der Waals surface area contributed by atoms with Crippen molar-refractivity contribution >= 4 is 20.0 Å². The number of nitrogens with zero attached hydrogens (tertiary/aromatic N) is 1. The predicted molar refractivity (Wildman–Crippen MR) is 134 cm³/mol. The van der Waals surface area contributed by atoms with Gasteiger partial charge in [0, 0.05) is 31.7 Å². The van der Waals surface area contributed by atoms with Crippen LogP contribution in [0.5, 0.6) is 5.75 Å². The van der Waals surface area contributed by atoms with Gasteiger partial charge in [0.2, 0.25) is 20.0 Å². The molecule has 1 spiro atoms. The second-order valence-corrected chi connectivity index (χ2v) is 13.1. The number of halogens is 1. The number of rotatable bonds is 10. The summed E-state index contributed by atoms with van der Waals surface area (Å²) in [4.78, 5) is 0.0187. The van der Waals surface area contributed by atoms with Gasteiger partial charge in [-0.15, -0.1) is 0 Å². The van der Waals surface area contributed by atoms with Gasteiger partial charge in [-0.05, 0) is 56.6 Å². The van der Waals surface area contributed by atoms with Crippen LogP contribution in [0.4, 0.5) is 4.39 Å². The number of ether oxygens (including phenoxy) is 2. The molecule has 2 aromatic carbocycles. The van der Waals surface area contributed by atoms with Gasteiger partial charge in [-0.3, -0.25) is 0 Å². The van der Waals surface area contributed by atoms with Crippen LogP contribution in [0.25, 0.3) is 0 Å². The van der Waals surface area contributed by atoms with Gasteiger partial charge in [-0.1, -0.05) is 12.1 Å². The van der Waals surface area contributed by atoms with E-state index in [9.17, 15) is 26.3 Å². The number of aliphatic hydroxyl groups excluding tert-OH is 1. The summed E-state index contributed by atoms with van der Waals surface area (Å²) in [5, 5.41) is 13.6. The van der Waals surface area contributed by atoms with Gasteiger partial charge >= 0.3 is 0 Å². The SMILES string of the molecule is CNS(=O)(=O)c1cccc(OC[C@@H](O)CNC2COC3(CCN(S(=O)(=O)c4cccc(F)c4)CC3)C2)c1. The molecule has 0 saturated carbocycles. The lowest BCUT2D eigenvalue weighted by atomic mass is 9.88. The second-order valence-electron chi connectivity index (χ2n) is 9.31. The van der Waals surface area contributed by atoms with Crippen LogP contribution < -0.4 is 14.8 Å². The number of aliphatic hydroxyl groups is 1. The Labute approximate surface area is 216 Å². The van der Waals surface area contributed by atoms with Gasteiger partial charge in [-0.2, -0.15) is 4.31 Å². The third-order valence-electron chi connectivity index (χ3n) is 6.75. The number of hydrogen-bond acceptors (Lipinski definition) is 8. The highest BCUT2D eigenvalue weighted by Crippen LogP contribution is 2.37. The number of nitrogens with one attached hydrogen (secondary N) is 2. The molecule has 0 radical (unpaired) electrons. The molecule has 0 bridgehead atoms. The van der Waals surface area contributed by atoms with E-state index >= 15 is 0 Å². The first-order valence-corrected chi connectivity index (χ1v) is 14.9. The van der Waals surface area contributed by atoms with Crippen molar-refractivity contribution in [1.82, 2.24) is 14.3 Å². The van der Waals surface area contributed by atoms with Crippen molar-refractivity contribution in [2.75, 3.05) is 39.9 Å². The van der Waals surface area contributed by atoms with Crippen LogP contribution in [-0.4, -0.2) is 83.9 Å². The molecular weight excluding hydrogens is 525 g/mol. The highest BCUT2D eigenvalue weighted by molar-refractivity contribution is 7.89. The summed E-state index contributed by atoms with van der Waals surface area (Å²) < 4.78 is 78.4. The molecule has 10 nitrogen and oxygen atoms in total. The Morgan fingerprint density at radius 1 is 1.14 bits per heavy atom. The minimum Gasteiger partial charge on any atom is -0.491 e. The molecule has 0 aliphatic carbocycles. The lowest BCUT2D eigenvalue weighted by Crippen LogP contribution is -2.47. The van der Waals surface area contributed by atoms with Crippen LogP contribution in [0, 0.1) is 5.82 Å². The Hall–Kier alpha value is -2.13. The molecule has 2 saturated heterocycles. The first-order valence-electron chi connectivity index (χ1n) is 12.0. The fourth-order valence-electron chi connectivity index (χ4n) is 4.64. The Balaban J connectivity index is 1.23. The Kier molecular flexibility index (Phi) is 8.53. The predicted octanol–water partition coefficient (Wildman–Crippen LogP) is 1.08. The summed E-state index contributed by atoms with van der Waals surface area (Å²) in [6, 6.07) is 11.0.